The highest BCUT2D eigenvalue weighted by atomic mass is 35.5. The number of anilines is 1. The number of hydrogen-bond donors (Lipinski definition) is 1. The second-order valence-corrected chi connectivity index (χ2v) is 5.05. The van der Waals surface area contributed by atoms with E-state index >= 15 is 0 Å². The third-order valence-corrected chi connectivity index (χ3v) is 3.25. The Labute approximate surface area is 110 Å². The van der Waals surface area contributed by atoms with Crippen LogP contribution < -0.4 is 5.32 Å². The first-order valence-corrected chi connectivity index (χ1v) is 6.04. The Morgan fingerprint density at radius 2 is 2.33 bits per heavy atom. The molecule has 0 bridgehead atoms. The van der Waals surface area contributed by atoms with Crippen molar-refractivity contribution in [2.24, 2.45) is 0 Å². The number of rotatable bonds is 4. The number of benzene rings is 1. The number of non-ortho nitro benzene ring substituents is 1. The minimum atomic E-state index is -0.575. The molecule has 2 rings (SSSR count). The van der Waals surface area contributed by atoms with Gasteiger partial charge in [-0.05, 0) is 6.07 Å². The molecular weight excluding hydrogens is 281 g/mol. The molecule has 0 unspecified atom stereocenters. The van der Waals surface area contributed by atoms with Gasteiger partial charge >= 0.3 is 0 Å². The van der Waals surface area contributed by atoms with Crippen molar-refractivity contribution in [1.29, 1.82) is 0 Å². The third kappa shape index (κ3) is 2.93. The Morgan fingerprint density at radius 1 is 1.56 bits per heavy atom. The SMILES string of the molecule is O=[N+]([O-])c1ccc(F)c(NCc2cnc(Cl)s2)c1. The number of thiazole rings is 1. The fourth-order valence-corrected chi connectivity index (χ4v) is 2.23. The molecule has 1 aromatic carbocycles. The topological polar surface area (TPSA) is 68.1 Å². The summed E-state index contributed by atoms with van der Waals surface area (Å²) in [4.78, 5) is 14.6. The molecule has 0 spiro atoms. The van der Waals surface area contributed by atoms with Crippen LogP contribution in [0.4, 0.5) is 15.8 Å². The van der Waals surface area contributed by atoms with E-state index in [9.17, 15) is 14.5 Å². The maximum Gasteiger partial charge on any atom is 0.271 e. The highest BCUT2D eigenvalue weighted by Gasteiger charge is 2.10. The second-order valence-electron chi connectivity index (χ2n) is 3.35. The summed E-state index contributed by atoms with van der Waals surface area (Å²) in [7, 11) is 0. The average Bonchev–Trinajstić information content (AvgIpc) is 2.74. The molecule has 0 aliphatic rings. The van der Waals surface area contributed by atoms with Gasteiger partial charge < -0.3 is 5.32 Å². The lowest BCUT2D eigenvalue weighted by Gasteiger charge is -2.05. The monoisotopic (exact) mass is 287 g/mol. The van der Waals surface area contributed by atoms with Gasteiger partial charge in [-0.25, -0.2) is 9.37 Å². The van der Waals surface area contributed by atoms with Crippen molar-refractivity contribution in [1.82, 2.24) is 4.98 Å². The van der Waals surface area contributed by atoms with Crippen LogP contribution in [0.25, 0.3) is 0 Å². The number of halogens is 2. The molecule has 0 aliphatic carbocycles. The zero-order valence-electron chi connectivity index (χ0n) is 8.89. The van der Waals surface area contributed by atoms with Gasteiger partial charge in [0.2, 0.25) is 0 Å². The lowest BCUT2D eigenvalue weighted by atomic mass is 10.2. The molecule has 8 heteroatoms. The number of nitrogens with zero attached hydrogens (tertiary/aromatic N) is 2. The fraction of sp³-hybridized carbons (Fsp3) is 0.100. The summed E-state index contributed by atoms with van der Waals surface area (Å²) in [5, 5.41) is 13.3. The van der Waals surface area contributed by atoms with Gasteiger partial charge in [-0.2, -0.15) is 0 Å². The molecule has 94 valence electrons. The minimum absolute atomic E-state index is 0.0775. The van der Waals surface area contributed by atoms with Crippen LogP contribution in [0.3, 0.4) is 0 Å². The van der Waals surface area contributed by atoms with Gasteiger partial charge in [-0.1, -0.05) is 11.6 Å². The molecule has 0 aliphatic heterocycles. The molecule has 18 heavy (non-hydrogen) atoms. The molecule has 2 aromatic rings. The maximum atomic E-state index is 13.4. The van der Waals surface area contributed by atoms with Crippen LogP contribution in [0.15, 0.2) is 24.4 Å². The second kappa shape index (κ2) is 5.28. The molecule has 1 aromatic heterocycles. The van der Waals surface area contributed by atoms with Crippen molar-refractivity contribution >= 4 is 34.3 Å². The zero-order chi connectivity index (χ0) is 13.1. The summed E-state index contributed by atoms with van der Waals surface area (Å²) < 4.78 is 13.8. The molecule has 0 fully saturated rings. The van der Waals surface area contributed by atoms with Gasteiger partial charge in [-0.15, -0.1) is 11.3 Å². The molecular formula is C10H7ClFN3O2S. The zero-order valence-corrected chi connectivity index (χ0v) is 10.5. The Bertz CT molecular complexity index is 590. The summed E-state index contributed by atoms with van der Waals surface area (Å²) >= 11 is 6.92. The predicted molar refractivity (Wildman–Crippen MR) is 67.5 cm³/mol. The summed E-state index contributed by atoms with van der Waals surface area (Å²) in [6.07, 6.45) is 1.56. The van der Waals surface area contributed by atoms with Crippen LogP contribution in [0.2, 0.25) is 4.47 Å². The fourth-order valence-electron chi connectivity index (χ4n) is 1.31. The van der Waals surface area contributed by atoms with E-state index in [0.29, 0.717) is 11.0 Å². The molecule has 0 amide bonds. The Hall–Kier alpha value is -1.73. The average molecular weight is 288 g/mol. The number of aromatic nitrogens is 1. The summed E-state index contributed by atoms with van der Waals surface area (Å²) in [6.45, 7) is 0.308. The highest BCUT2D eigenvalue weighted by Crippen LogP contribution is 2.23. The smallest absolute Gasteiger partial charge is 0.271 e. The van der Waals surface area contributed by atoms with Crippen molar-refractivity contribution in [3.8, 4) is 0 Å². The summed E-state index contributed by atoms with van der Waals surface area (Å²) in [5.41, 5.74) is -0.0880. The first-order chi connectivity index (χ1) is 8.56. The summed E-state index contributed by atoms with van der Waals surface area (Å²) in [5.74, 6) is -0.545. The summed E-state index contributed by atoms with van der Waals surface area (Å²) in [6, 6.07) is 3.32. The van der Waals surface area contributed by atoms with E-state index in [1.807, 2.05) is 0 Å². The van der Waals surface area contributed by atoms with Crippen LogP contribution in [-0.4, -0.2) is 9.91 Å². The molecule has 0 saturated heterocycles. The Balaban J connectivity index is 2.13. The van der Waals surface area contributed by atoms with Crippen LogP contribution in [0, 0.1) is 15.9 Å². The van der Waals surface area contributed by atoms with Crippen LogP contribution in [0.5, 0.6) is 0 Å². The van der Waals surface area contributed by atoms with E-state index in [1.54, 1.807) is 6.20 Å². The number of nitro benzene ring substituents is 1. The minimum Gasteiger partial charge on any atom is -0.378 e. The molecule has 1 N–H and O–H groups in total. The Kier molecular flexibility index (Phi) is 3.73. The maximum absolute atomic E-state index is 13.4. The van der Waals surface area contributed by atoms with Gasteiger partial charge in [0.15, 0.2) is 4.47 Å². The molecule has 0 saturated carbocycles. The molecule has 0 radical (unpaired) electrons. The molecule has 0 atom stereocenters. The van der Waals surface area contributed by atoms with E-state index < -0.39 is 10.7 Å². The lowest BCUT2D eigenvalue weighted by molar-refractivity contribution is -0.384. The van der Waals surface area contributed by atoms with Crippen molar-refractivity contribution in [2.75, 3.05) is 5.32 Å². The number of nitrogens with one attached hydrogen (secondary N) is 1. The van der Waals surface area contributed by atoms with Gasteiger partial charge in [0.25, 0.3) is 5.69 Å². The predicted octanol–water partition coefficient (Wildman–Crippen LogP) is 3.46. The van der Waals surface area contributed by atoms with Crippen LogP contribution >= 0.6 is 22.9 Å². The van der Waals surface area contributed by atoms with E-state index in [4.69, 9.17) is 11.6 Å². The largest absolute Gasteiger partial charge is 0.378 e. The van der Waals surface area contributed by atoms with Gasteiger partial charge in [0.1, 0.15) is 5.82 Å². The first kappa shape index (κ1) is 12.7. The Morgan fingerprint density at radius 3 is 2.94 bits per heavy atom. The highest BCUT2D eigenvalue weighted by molar-refractivity contribution is 7.15. The lowest BCUT2D eigenvalue weighted by Crippen LogP contribution is -2.01. The third-order valence-electron chi connectivity index (χ3n) is 2.14. The van der Waals surface area contributed by atoms with Gasteiger partial charge in [0.05, 0.1) is 17.2 Å². The number of nitro groups is 1. The van der Waals surface area contributed by atoms with Gasteiger partial charge in [0, 0.05) is 23.2 Å². The van der Waals surface area contributed by atoms with Gasteiger partial charge in [-0.3, -0.25) is 10.1 Å². The van der Waals surface area contributed by atoms with E-state index in [0.717, 1.165) is 23.1 Å². The van der Waals surface area contributed by atoms with E-state index in [2.05, 4.69) is 10.3 Å². The van der Waals surface area contributed by atoms with Crippen molar-refractivity contribution in [3.05, 3.63) is 49.7 Å². The first-order valence-electron chi connectivity index (χ1n) is 4.84. The van der Waals surface area contributed by atoms with Crippen LogP contribution in [-0.2, 0) is 6.54 Å². The molecule has 1 heterocycles. The van der Waals surface area contributed by atoms with E-state index in [1.165, 1.54) is 11.3 Å². The standard InChI is InChI=1S/C10H7ClFN3O2S/c11-10-14-5-7(18-10)4-13-9-3-6(15(16)17)1-2-8(9)12/h1-3,5,13H,4H2. The molecule has 5 nitrogen and oxygen atoms in total. The normalized spacial score (nSPS) is 10.3. The van der Waals surface area contributed by atoms with Crippen molar-refractivity contribution in [3.63, 3.8) is 0 Å². The van der Waals surface area contributed by atoms with E-state index in [-0.39, 0.29) is 11.4 Å². The number of hydrogen-bond acceptors (Lipinski definition) is 5. The quantitative estimate of drug-likeness (QED) is 0.691. The van der Waals surface area contributed by atoms with Crippen molar-refractivity contribution < 1.29 is 9.31 Å². The van der Waals surface area contributed by atoms with Crippen LogP contribution in [0.1, 0.15) is 4.88 Å². The van der Waals surface area contributed by atoms with Crippen molar-refractivity contribution in [2.45, 2.75) is 6.54 Å².